The van der Waals surface area contributed by atoms with Crippen molar-refractivity contribution in [2.45, 2.75) is 24.7 Å². The standard InChI is InChI=1S/C16H14ClF4N3O2/c17-11-7-9(1-2-10(11)16(19,20)21)14(25)24-5-3-15(18,4-6-24)12-8-13(22)26-23-12/h1-2,7-8H,3-6,22H2. The highest BCUT2D eigenvalue weighted by Crippen LogP contribution is 2.38. The number of rotatable bonds is 2. The predicted molar refractivity (Wildman–Crippen MR) is 85.3 cm³/mol. The van der Waals surface area contributed by atoms with E-state index in [9.17, 15) is 22.4 Å². The molecule has 0 unspecified atom stereocenters. The number of amides is 1. The zero-order chi connectivity index (χ0) is 19.1. The van der Waals surface area contributed by atoms with Gasteiger partial charge in [0.15, 0.2) is 5.67 Å². The SMILES string of the molecule is Nc1cc(C2(F)CCN(C(=O)c3ccc(C(F)(F)F)c(Cl)c3)CC2)no1. The molecule has 0 radical (unpaired) electrons. The van der Waals surface area contributed by atoms with E-state index in [0.717, 1.165) is 18.2 Å². The molecule has 2 heterocycles. The Balaban J connectivity index is 1.72. The van der Waals surface area contributed by atoms with Gasteiger partial charge in [-0.3, -0.25) is 4.79 Å². The van der Waals surface area contributed by atoms with Crippen LogP contribution < -0.4 is 5.73 Å². The van der Waals surface area contributed by atoms with Gasteiger partial charge in [0.25, 0.3) is 5.91 Å². The van der Waals surface area contributed by atoms with E-state index < -0.39 is 28.3 Å². The molecule has 26 heavy (non-hydrogen) atoms. The largest absolute Gasteiger partial charge is 0.417 e. The molecule has 1 fully saturated rings. The molecule has 5 nitrogen and oxygen atoms in total. The van der Waals surface area contributed by atoms with Crippen LogP contribution in [-0.2, 0) is 11.8 Å². The third kappa shape index (κ3) is 3.48. The van der Waals surface area contributed by atoms with E-state index in [4.69, 9.17) is 17.3 Å². The van der Waals surface area contributed by atoms with Crippen LogP contribution in [0.15, 0.2) is 28.8 Å². The molecule has 2 N–H and O–H groups in total. The quantitative estimate of drug-likeness (QED) is 0.784. The highest BCUT2D eigenvalue weighted by atomic mass is 35.5. The Morgan fingerprint density at radius 1 is 1.27 bits per heavy atom. The minimum atomic E-state index is -4.60. The number of alkyl halides is 4. The van der Waals surface area contributed by atoms with Crippen LogP contribution in [0.1, 0.15) is 34.5 Å². The van der Waals surface area contributed by atoms with Gasteiger partial charge >= 0.3 is 6.18 Å². The van der Waals surface area contributed by atoms with Crippen molar-refractivity contribution in [3.8, 4) is 0 Å². The van der Waals surface area contributed by atoms with Gasteiger partial charge in [0.1, 0.15) is 5.69 Å². The number of anilines is 1. The summed E-state index contributed by atoms with van der Waals surface area (Å²) in [6.07, 6.45) is -4.66. The van der Waals surface area contributed by atoms with Crippen LogP contribution in [-0.4, -0.2) is 29.1 Å². The van der Waals surface area contributed by atoms with E-state index in [1.165, 1.54) is 11.0 Å². The van der Waals surface area contributed by atoms with E-state index in [1.807, 2.05) is 0 Å². The minimum absolute atomic E-state index is 0.00470. The lowest BCUT2D eigenvalue weighted by molar-refractivity contribution is -0.137. The summed E-state index contributed by atoms with van der Waals surface area (Å²) in [7, 11) is 0. The summed E-state index contributed by atoms with van der Waals surface area (Å²) in [5.74, 6) is -0.516. The molecule has 1 aliphatic heterocycles. The van der Waals surface area contributed by atoms with Crippen LogP contribution in [0, 0.1) is 0 Å². The van der Waals surface area contributed by atoms with Gasteiger partial charge in [-0.25, -0.2) is 4.39 Å². The summed E-state index contributed by atoms with van der Waals surface area (Å²) in [5.41, 5.74) is 2.70. The van der Waals surface area contributed by atoms with Crippen molar-refractivity contribution >= 4 is 23.4 Å². The number of halogens is 5. The van der Waals surface area contributed by atoms with E-state index in [1.54, 1.807) is 0 Å². The van der Waals surface area contributed by atoms with E-state index in [0.29, 0.717) is 0 Å². The molecule has 0 bridgehead atoms. The number of likely N-dealkylation sites (tertiary alicyclic amines) is 1. The summed E-state index contributed by atoms with van der Waals surface area (Å²) in [6.45, 7) is 0.140. The van der Waals surface area contributed by atoms with Crippen molar-refractivity contribution in [3.63, 3.8) is 0 Å². The number of nitrogens with zero attached hydrogens (tertiary/aromatic N) is 2. The Kier molecular flexibility index (Phi) is 4.60. The van der Waals surface area contributed by atoms with Crippen LogP contribution in [0.2, 0.25) is 5.02 Å². The van der Waals surface area contributed by atoms with Crippen molar-refractivity contribution in [2.24, 2.45) is 0 Å². The number of hydrogen-bond donors (Lipinski definition) is 1. The number of piperidine rings is 1. The summed E-state index contributed by atoms with van der Waals surface area (Å²) in [4.78, 5) is 13.8. The van der Waals surface area contributed by atoms with Crippen molar-refractivity contribution in [1.82, 2.24) is 10.1 Å². The second kappa shape index (κ2) is 6.46. The summed E-state index contributed by atoms with van der Waals surface area (Å²) in [5, 5.41) is 3.02. The Morgan fingerprint density at radius 3 is 2.42 bits per heavy atom. The molecule has 0 atom stereocenters. The lowest BCUT2D eigenvalue weighted by Crippen LogP contribution is -2.43. The summed E-state index contributed by atoms with van der Waals surface area (Å²) < 4.78 is 57.8. The average Bonchev–Trinajstić information content (AvgIpc) is 3.01. The van der Waals surface area contributed by atoms with E-state index in [-0.39, 0.29) is 43.1 Å². The lowest BCUT2D eigenvalue weighted by atomic mass is 9.90. The van der Waals surface area contributed by atoms with Crippen LogP contribution >= 0.6 is 11.6 Å². The third-order valence-electron chi connectivity index (χ3n) is 4.35. The predicted octanol–water partition coefficient (Wildman–Crippen LogP) is 4.03. The average molecular weight is 392 g/mol. The second-order valence-corrected chi connectivity index (χ2v) is 6.47. The van der Waals surface area contributed by atoms with Crippen LogP contribution in [0.3, 0.4) is 0 Å². The van der Waals surface area contributed by atoms with Gasteiger partial charge in [0.2, 0.25) is 5.88 Å². The number of nitrogen functional groups attached to an aromatic ring is 1. The minimum Gasteiger partial charge on any atom is -0.368 e. The van der Waals surface area contributed by atoms with Gasteiger partial charge in [0.05, 0.1) is 10.6 Å². The van der Waals surface area contributed by atoms with Gasteiger partial charge in [-0.1, -0.05) is 16.8 Å². The van der Waals surface area contributed by atoms with Crippen molar-refractivity contribution in [3.05, 3.63) is 46.1 Å². The molecular formula is C16H14ClF4N3O2. The highest BCUT2D eigenvalue weighted by molar-refractivity contribution is 6.31. The molecule has 2 aromatic rings. The van der Waals surface area contributed by atoms with Crippen molar-refractivity contribution in [2.75, 3.05) is 18.8 Å². The van der Waals surface area contributed by atoms with Crippen LogP contribution in [0.25, 0.3) is 0 Å². The molecule has 0 saturated carbocycles. The van der Waals surface area contributed by atoms with Gasteiger partial charge < -0.3 is 15.2 Å². The number of aromatic nitrogens is 1. The fourth-order valence-corrected chi connectivity index (χ4v) is 3.17. The van der Waals surface area contributed by atoms with Gasteiger partial charge in [-0.05, 0) is 18.2 Å². The maximum atomic E-state index is 14.9. The van der Waals surface area contributed by atoms with Gasteiger partial charge in [0, 0.05) is 37.6 Å². The fraction of sp³-hybridized carbons (Fsp3) is 0.375. The molecule has 1 aromatic carbocycles. The maximum Gasteiger partial charge on any atom is 0.417 e. The first-order valence-electron chi connectivity index (χ1n) is 7.68. The first-order valence-corrected chi connectivity index (χ1v) is 8.05. The normalized spacial score (nSPS) is 17.3. The monoisotopic (exact) mass is 391 g/mol. The van der Waals surface area contributed by atoms with Crippen LogP contribution in [0.4, 0.5) is 23.4 Å². The Morgan fingerprint density at radius 2 is 1.92 bits per heavy atom. The first-order chi connectivity index (χ1) is 12.1. The molecule has 3 rings (SSSR count). The topological polar surface area (TPSA) is 72.4 Å². The fourth-order valence-electron chi connectivity index (χ4n) is 2.88. The van der Waals surface area contributed by atoms with E-state index in [2.05, 4.69) is 9.68 Å². The van der Waals surface area contributed by atoms with E-state index >= 15 is 0 Å². The maximum absolute atomic E-state index is 14.9. The second-order valence-electron chi connectivity index (χ2n) is 6.06. The zero-order valence-corrected chi connectivity index (χ0v) is 14.1. The first kappa shape index (κ1) is 18.5. The summed E-state index contributed by atoms with van der Waals surface area (Å²) in [6, 6.07) is 4.10. The zero-order valence-electron chi connectivity index (χ0n) is 13.3. The molecule has 10 heteroatoms. The third-order valence-corrected chi connectivity index (χ3v) is 4.66. The Labute approximate surface area is 150 Å². The van der Waals surface area contributed by atoms with Crippen molar-refractivity contribution < 1.29 is 26.9 Å². The van der Waals surface area contributed by atoms with Gasteiger partial charge in [-0.15, -0.1) is 0 Å². The molecule has 0 aliphatic carbocycles. The van der Waals surface area contributed by atoms with Gasteiger partial charge in [-0.2, -0.15) is 13.2 Å². The lowest BCUT2D eigenvalue weighted by Gasteiger charge is -2.35. The number of carbonyl (C=O) groups excluding carboxylic acids is 1. The van der Waals surface area contributed by atoms with Crippen molar-refractivity contribution in [1.29, 1.82) is 0 Å². The number of nitrogens with two attached hydrogens (primary N) is 1. The summed E-state index contributed by atoms with van der Waals surface area (Å²) >= 11 is 5.64. The molecule has 140 valence electrons. The van der Waals surface area contributed by atoms with Crippen LogP contribution in [0.5, 0.6) is 0 Å². The molecule has 1 amide bonds. The molecule has 1 aromatic heterocycles. The number of carbonyl (C=O) groups is 1. The highest BCUT2D eigenvalue weighted by Gasteiger charge is 2.40. The number of hydrogen-bond acceptors (Lipinski definition) is 4. The smallest absolute Gasteiger partial charge is 0.368 e. The Bertz CT molecular complexity index is 829. The molecule has 1 saturated heterocycles. The number of benzene rings is 1. The molecule has 1 aliphatic rings. The molecule has 0 spiro atoms. The molecular weight excluding hydrogens is 378 g/mol. The Hall–Kier alpha value is -2.29.